The van der Waals surface area contributed by atoms with E-state index in [1.54, 1.807) is 4.57 Å². The molecule has 1 aromatic carbocycles. The highest BCUT2D eigenvalue weighted by Crippen LogP contribution is 2.24. The normalized spacial score (nSPS) is 11.7. The fraction of sp³-hybridized carbons (Fsp3) is 0.529. The number of H-pyrrole nitrogens is 1. The standard InChI is InChI=1S/C17H25N3O2S/c1-5-10-20-15(21)18-19-16(20)23-12-11-22-14-8-6-13(7-9-14)17(2,3)4/h6-9H,5,10-12H2,1-4H3,(H,18,21). The van der Waals surface area contributed by atoms with Crippen LogP contribution in [0.2, 0.25) is 0 Å². The van der Waals surface area contributed by atoms with Gasteiger partial charge in [-0.15, -0.1) is 5.10 Å². The first-order valence-corrected chi connectivity index (χ1v) is 8.91. The van der Waals surface area contributed by atoms with Crippen LogP contribution in [0.4, 0.5) is 0 Å². The maximum Gasteiger partial charge on any atom is 0.343 e. The number of hydrogen-bond acceptors (Lipinski definition) is 4. The van der Waals surface area contributed by atoms with Crippen molar-refractivity contribution in [3.05, 3.63) is 40.3 Å². The van der Waals surface area contributed by atoms with Crippen molar-refractivity contribution in [2.45, 2.75) is 51.2 Å². The summed E-state index contributed by atoms with van der Waals surface area (Å²) in [5.74, 6) is 1.61. The molecule has 0 fully saturated rings. The molecule has 0 atom stereocenters. The van der Waals surface area contributed by atoms with E-state index in [2.05, 4.69) is 43.1 Å². The highest BCUT2D eigenvalue weighted by molar-refractivity contribution is 7.99. The summed E-state index contributed by atoms with van der Waals surface area (Å²) in [5.41, 5.74) is 1.30. The van der Waals surface area contributed by atoms with Crippen molar-refractivity contribution in [1.82, 2.24) is 14.8 Å². The number of nitrogens with zero attached hydrogens (tertiary/aromatic N) is 2. The average molecular weight is 335 g/mol. The molecule has 23 heavy (non-hydrogen) atoms. The fourth-order valence-electron chi connectivity index (χ4n) is 2.18. The van der Waals surface area contributed by atoms with E-state index in [-0.39, 0.29) is 11.1 Å². The molecule has 0 aliphatic heterocycles. The SMILES string of the molecule is CCCn1c(SCCOc2ccc(C(C)(C)C)cc2)n[nH]c1=O. The molecule has 2 rings (SSSR count). The van der Waals surface area contributed by atoms with Crippen LogP contribution in [-0.4, -0.2) is 27.1 Å². The van der Waals surface area contributed by atoms with E-state index in [0.29, 0.717) is 13.2 Å². The van der Waals surface area contributed by atoms with Crippen molar-refractivity contribution in [3.63, 3.8) is 0 Å². The van der Waals surface area contributed by atoms with Crippen molar-refractivity contribution in [2.75, 3.05) is 12.4 Å². The summed E-state index contributed by atoms with van der Waals surface area (Å²) in [4.78, 5) is 11.6. The first-order valence-electron chi connectivity index (χ1n) is 7.93. The summed E-state index contributed by atoms with van der Waals surface area (Å²) in [7, 11) is 0. The Hall–Kier alpha value is -1.69. The molecule has 0 saturated heterocycles. The highest BCUT2D eigenvalue weighted by atomic mass is 32.2. The van der Waals surface area contributed by atoms with Gasteiger partial charge in [0.25, 0.3) is 0 Å². The third-order valence-corrected chi connectivity index (χ3v) is 4.41. The van der Waals surface area contributed by atoms with Gasteiger partial charge in [-0.25, -0.2) is 9.89 Å². The Morgan fingerprint density at radius 1 is 1.26 bits per heavy atom. The van der Waals surface area contributed by atoms with Gasteiger partial charge in [0.05, 0.1) is 6.61 Å². The lowest BCUT2D eigenvalue weighted by Crippen LogP contribution is -2.17. The predicted molar refractivity (Wildman–Crippen MR) is 94.5 cm³/mol. The summed E-state index contributed by atoms with van der Waals surface area (Å²) >= 11 is 1.53. The third kappa shape index (κ3) is 4.89. The van der Waals surface area contributed by atoms with Crippen LogP contribution in [0.5, 0.6) is 5.75 Å². The van der Waals surface area contributed by atoms with Gasteiger partial charge in [-0.1, -0.05) is 51.6 Å². The van der Waals surface area contributed by atoms with E-state index in [0.717, 1.165) is 23.1 Å². The molecular formula is C17H25N3O2S. The number of aromatic amines is 1. The van der Waals surface area contributed by atoms with Gasteiger partial charge in [-0.05, 0) is 29.5 Å². The van der Waals surface area contributed by atoms with Crippen LogP contribution < -0.4 is 10.4 Å². The van der Waals surface area contributed by atoms with Gasteiger partial charge in [0.1, 0.15) is 5.75 Å². The molecule has 2 aromatic rings. The minimum absolute atomic E-state index is 0.145. The molecule has 0 unspecified atom stereocenters. The second kappa shape index (κ2) is 7.73. The number of hydrogen-bond donors (Lipinski definition) is 1. The molecule has 0 amide bonds. The zero-order chi connectivity index (χ0) is 16.9. The minimum atomic E-state index is -0.145. The number of benzene rings is 1. The van der Waals surface area contributed by atoms with Gasteiger partial charge >= 0.3 is 5.69 Å². The average Bonchev–Trinajstić information content (AvgIpc) is 2.85. The molecular weight excluding hydrogens is 310 g/mol. The second-order valence-electron chi connectivity index (χ2n) is 6.43. The smallest absolute Gasteiger partial charge is 0.343 e. The monoisotopic (exact) mass is 335 g/mol. The molecule has 1 aromatic heterocycles. The second-order valence-corrected chi connectivity index (χ2v) is 7.50. The Balaban J connectivity index is 1.83. The van der Waals surface area contributed by atoms with Gasteiger partial charge in [0, 0.05) is 12.3 Å². The van der Waals surface area contributed by atoms with Crippen LogP contribution in [-0.2, 0) is 12.0 Å². The Labute approximate surface area is 141 Å². The molecule has 0 aliphatic carbocycles. The fourth-order valence-corrected chi connectivity index (χ4v) is 2.97. The van der Waals surface area contributed by atoms with Gasteiger partial charge in [-0.2, -0.15) is 0 Å². The van der Waals surface area contributed by atoms with E-state index in [4.69, 9.17) is 4.74 Å². The Bertz CT molecular complexity index is 668. The van der Waals surface area contributed by atoms with Crippen molar-refractivity contribution >= 4 is 11.8 Å². The topological polar surface area (TPSA) is 59.9 Å². The maximum absolute atomic E-state index is 11.6. The Morgan fingerprint density at radius 2 is 1.96 bits per heavy atom. The van der Waals surface area contributed by atoms with Crippen LogP contribution in [0.1, 0.15) is 39.7 Å². The number of nitrogens with one attached hydrogen (secondary N) is 1. The number of thioether (sulfide) groups is 1. The van der Waals surface area contributed by atoms with E-state index in [1.165, 1.54) is 17.3 Å². The van der Waals surface area contributed by atoms with Gasteiger partial charge in [0.15, 0.2) is 5.16 Å². The third-order valence-electron chi connectivity index (χ3n) is 3.47. The Morgan fingerprint density at radius 3 is 2.57 bits per heavy atom. The largest absolute Gasteiger partial charge is 0.493 e. The number of aromatic nitrogens is 3. The Kier molecular flexibility index (Phi) is 5.93. The van der Waals surface area contributed by atoms with Crippen molar-refractivity contribution in [1.29, 1.82) is 0 Å². The van der Waals surface area contributed by atoms with E-state index in [1.807, 2.05) is 19.1 Å². The van der Waals surface area contributed by atoms with Gasteiger partial charge in [0.2, 0.25) is 0 Å². The summed E-state index contributed by atoms with van der Waals surface area (Å²) in [5, 5.41) is 7.27. The van der Waals surface area contributed by atoms with E-state index in [9.17, 15) is 4.79 Å². The lowest BCUT2D eigenvalue weighted by molar-refractivity contribution is 0.343. The predicted octanol–water partition coefficient (Wildman–Crippen LogP) is 3.45. The molecule has 1 heterocycles. The molecule has 0 radical (unpaired) electrons. The first-order chi connectivity index (χ1) is 10.9. The highest BCUT2D eigenvalue weighted by Gasteiger charge is 2.13. The van der Waals surface area contributed by atoms with Crippen molar-refractivity contribution < 1.29 is 4.74 Å². The molecule has 0 saturated carbocycles. The lowest BCUT2D eigenvalue weighted by Gasteiger charge is -2.19. The number of ether oxygens (including phenoxy) is 1. The van der Waals surface area contributed by atoms with Crippen molar-refractivity contribution in [2.24, 2.45) is 0 Å². The summed E-state index contributed by atoms with van der Waals surface area (Å²) < 4.78 is 7.43. The van der Waals surface area contributed by atoms with Crippen LogP contribution in [0.3, 0.4) is 0 Å². The maximum atomic E-state index is 11.6. The summed E-state index contributed by atoms with van der Waals surface area (Å²) in [6, 6.07) is 8.23. The number of rotatable bonds is 7. The molecule has 5 nitrogen and oxygen atoms in total. The van der Waals surface area contributed by atoms with Crippen LogP contribution in [0, 0.1) is 0 Å². The molecule has 126 valence electrons. The van der Waals surface area contributed by atoms with Gasteiger partial charge < -0.3 is 4.74 Å². The summed E-state index contributed by atoms with van der Waals surface area (Å²) in [6.45, 7) is 9.88. The van der Waals surface area contributed by atoms with E-state index >= 15 is 0 Å². The molecule has 0 spiro atoms. The van der Waals surface area contributed by atoms with Crippen LogP contribution in [0.15, 0.2) is 34.2 Å². The quantitative estimate of drug-likeness (QED) is 0.622. The lowest BCUT2D eigenvalue weighted by atomic mass is 9.87. The molecule has 6 heteroatoms. The van der Waals surface area contributed by atoms with Crippen LogP contribution in [0.25, 0.3) is 0 Å². The van der Waals surface area contributed by atoms with Gasteiger partial charge in [-0.3, -0.25) is 4.57 Å². The van der Waals surface area contributed by atoms with Crippen molar-refractivity contribution in [3.8, 4) is 5.75 Å². The molecule has 0 aliphatic rings. The minimum Gasteiger partial charge on any atom is -0.493 e. The zero-order valence-electron chi connectivity index (χ0n) is 14.3. The summed E-state index contributed by atoms with van der Waals surface area (Å²) in [6.07, 6.45) is 0.906. The zero-order valence-corrected chi connectivity index (χ0v) is 15.1. The first kappa shape index (κ1) is 17.7. The van der Waals surface area contributed by atoms with E-state index < -0.39 is 0 Å². The van der Waals surface area contributed by atoms with Crippen LogP contribution >= 0.6 is 11.8 Å². The molecule has 1 N–H and O–H groups in total. The molecule has 0 bridgehead atoms.